The van der Waals surface area contributed by atoms with Crippen LogP contribution in [0.5, 0.6) is 5.75 Å². The molecule has 2 aromatic rings. The highest BCUT2D eigenvalue weighted by Gasteiger charge is 2.41. The fraction of sp³-hybridized carbons (Fsp3) is 0.292. The van der Waals surface area contributed by atoms with E-state index in [4.69, 9.17) is 21.7 Å². The second-order valence-electron chi connectivity index (χ2n) is 7.75. The Morgan fingerprint density at radius 2 is 1.88 bits per heavy atom. The van der Waals surface area contributed by atoms with E-state index in [1.54, 1.807) is 31.4 Å². The number of amides is 1. The molecule has 1 amide bonds. The van der Waals surface area contributed by atoms with E-state index in [1.165, 1.54) is 7.11 Å². The Kier molecular flexibility index (Phi) is 6.14. The van der Waals surface area contributed by atoms with Crippen molar-refractivity contribution in [1.82, 2.24) is 10.2 Å². The number of thiocarbonyl (C=S) groups is 1. The van der Waals surface area contributed by atoms with Crippen LogP contribution in [0.2, 0.25) is 0 Å². The quantitative estimate of drug-likeness (QED) is 0.511. The molecule has 0 bridgehead atoms. The van der Waals surface area contributed by atoms with E-state index in [0.29, 0.717) is 33.2 Å². The SMILES string of the molecule is COC(=O)c1ccccc1C1NC(=S)N(C2CC2)C(C)=C1C(=O)Nc1cccc(OC)c1. The first kappa shape index (κ1) is 21.8. The van der Waals surface area contributed by atoms with Gasteiger partial charge in [-0.3, -0.25) is 4.79 Å². The largest absolute Gasteiger partial charge is 0.497 e. The van der Waals surface area contributed by atoms with Crippen molar-refractivity contribution in [1.29, 1.82) is 0 Å². The topological polar surface area (TPSA) is 79.9 Å². The second kappa shape index (κ2) is 9.00. The predicted molar refractivity (Wildman–Crippen MR) is 125 cm³/mol. The zero-order valence-electron chi connectivity index (χ0n) is 18.2. The summed E-state index contributed by atoms with van der Waals surface area (Å²) >= 11 is 5.65. The van der Waals surface area contributed by atoms with E-state index in [2.05, 4.69) is 10.6 Å². The molecular weight excluding hydrogens is 426 g/mol. The van der Waals surface area contributed by atoms with E-state index in [1.807, 2.05) is 36.1 Å². The minimum Gasteiger partial charge on any atom is -0.497 e. The number of methoxy groups -OCH3 is 2. The number of benzene rings is 2. The first-order valence-corrected chi connectivity index (χ1v) is 10.8. The molecule has 32 heavy (non-hydrogen) atoms. The third kappa shape index (κ3) is 4.18. The lowest BCUT2D eigenvalue weighted by molar-refractivity contribution is -0.113. The molecule has 1 heterocycles. The molecule has 0 spiro atoms. The summed E-state index contributed by atoms with van der Waals surface area (Å²) < 4.78 is 10.2. The number of ether oxygens (including phenoxy) is 2. The third-order valence-electron chi connectivity index (χ3n) is 5.69. The van der Waals surface area contributed by atoms with Crippen LogP contribution in [0.1, 0.15) is 41.7 Å². The predicted octanol–water partition coefficient (Wildman–Crippen LogP) is 3.79. The van der Waals surface area contributed by atoms with Crippen LogP contribution in [0.25, 0.3) is 0 Å². The van der Waals surface area contributed by atoms with Crippen molar-refractivity contribution in [3.05, 3.63) is 70.9 Å². The molecule has 1 aliphatic carbocycles. The molecule has 2 aromatic carbocycles. The number of esters is 1. The van der Waals surface area contributed by atoms with Gasteiger partial charge in [-0.05, 0) is 55.7 Å². The Bertz CT molecular complexity index is 1110. The van der Waals surface area contributed by atoms with Gasteiger partial charge in [0, 0.05) is 23.5 Å². The van der Waals surface area contributed by atoms with Crippen LogP contribution >= 0.6 is 12.2 Å². The van der Waals surface area contributed by atoms with Gasteiger partial charge in [-0.15, -0.1) is 0 Å². The molecule has 1 fully saturated rings. The van der Waals surface area contributed by atoms with Gasteiger partial charge in [-0.2, -0.15) is 0 Å². The summed E-state index contributed by atoms with van der Waals surface area (Å²) in [4.78, 5) is 28.0. The fourth-order valence-electron chi connectivity index (χ4n) is 4.00. The van der Waals surface area contributed by atoms with Crippen LogP contribution in [-0.4, -0.2) is 42.2 Å². The van der Waals surface area contributed by atoms with E-state index in [9.17, 15) is 9.59 Å². The van der Waals surface area contributed by atoms with Crippen molar-refractivity contribution < 1.29 is 19.1 Å². The monoisotopic (exact) mass is 451 g/mol. The van der Waals surface area contributed by atoms with Gasteiger partial charge < -0.3 is 25.0 Å². The minimum atomic E-state index is -0.599. The highest BCUT2D eigenvalue weighted by atomic mass is 32.1. The highest BCUT2D eigenvalue weighted by molar-refractivity contribution is 7.80. The normalized spacial score (nSPS) is 18.2. The van der Waals surface area contributed by atoms with Gasteiger partial charge in [0.05, 0.1) is 31.4 Å². The molecule has 1 saturated carbocycles. The van der Waals surface area contributed by atoms with Crippen molar-refractivity contribution in [3.8, 4) is 5.75 Å². The minimum absolute atomic E-state index is 0.277. The molecular formula is C24H25N3O4S. The van der Waals surface area contributed by atoms with Crippen LogP contribution < -0.4 is 15.4 Å². The molecule has 0 saturated heterocycles. The number of allylic oxidation sites excluding steroid dienone is 1. The van der Waals surface area contributed by atoms with Crippen LogP contribution in [0, 0.1) is 0 Å². The van der Waals surface area contributed by atoms with Gasteiger partial charge in [0.2, 0.25) is 0 Å². The molecule has 7 nitrogen and oxygen atoms in total. The standard InChI is InChI=1S/C24H25N3O4S/c1-14-20(22(28)25-15-7-6-8-17(13-15)30-2)21(26-24(32)27(14)16-11-12-16)18-9-4-5-10-19(18)23(29)31-3/h4-10,13,16,21H,11-12H2,1-3H3,(H,25,28)(H,26,32). The van der Waals surface area contributed by atoms with E-state index in [-0.39, 0.29) is 11.9 Å². The van der Waals surface area contributed by atoms with E-state index < -0.39 is 12.0 Å². The summed E-state index contributed by atoms with van der Waals surface area (Å²) in [5.41, 5.74) is 2.91. The van der Waals surface area contributed by atoms with Gasteiger partial charge in [0.25, 0.3) is 5.91 Å². The highest BCUT2D eigenvalue weighted by Crippen LogP contribution is 2.39. The maximum absolute atomic E-state index is 13.6. The molecule has 8 heteroatoms. The van der Waals surface area contributed by atoms with Crippen molar-refractivity contribution >= 4 is 34.9 Å². The van der Waals surface area contributed by atoms with Gasteiger partial charge in [-0.1, -0.05) is 24.3 Å². The average Bonchev–Trinajstić information content (AvgIpc) is 3.63. The summed E-state index contributed by atoms with van der Waals surface area (Å²) in [6.07, 6.45) is 2.04. The number of hydrogen-bond acceptors (Lipinski definition) is 5. The average molecular weight is 452 g/mol. The summed E-state index contributed by atoms with van der Waals surface area (Å²) in [5, 5.41) is 6.82. The summed E-state index contributed by atoms with van der Waals surface area (Å²) in [6.45, 7) is 1.90. The lowest BCUT2D eigenvalue weighted by Gasteiger charge is -2.38. The number of nitrogens with one attached hydrogen (secondary N) is 2. The Labute approximate surface area is 192 Å². The first-order valence-electron chi connectivity index (χ1n) is 10.4. The first-order chi connectivity index (χ1) is 15.4. The Hall–Kier alpha value is -3.39. The number of anilines is 1. The Balaban J connectivity index is 1.78. The summed E-state index contributed by atoms with van der Waals surface area (Å²) in [7, 11) is 2.91. The second-order valence-corrected chi connectivity index (χ2v) is 8.13. The van der Waals surface area contributed by atoms with Crippen LogP contribution in [0.3, 0.4) is 0 Å². The van der Waals surface area contributed by atoms with Gasteiger partial charge in [0.15, 0.2) is 5.11 Å². The maximum atomic E-state index is 13.6. The van der Waals surface area contributed by atoms with Crippen molar-refractivity contribution in [2.24, 2.45) is 0 Å². The number of rotatable bonds is 6. The van der Waals surface area contributed by atoms with E-state index >= 15 is 0 Å². The fourth-order valence-corrected chi connectivity index (χ4v) is 4.40. The molecule has 0 radical (unpaired) electrons. The summed E-state index contributed by atoms with van der Waals surface area (Å²) in [6, 6.07) is 13.9. The molecule has 2 N–H and O–H groups in total. The zero-order valence-corrected chi connectivity index (χ0v) is 19.0. The molecule has 1 atom stereocenters. The van der Waals surface area contributed by atoms with Crippen LogP contribution in [-0.2, 0) is 9.53 Å². The molecule has 1 unspecified atom stereocenters. The zero-order chi connectivity index (χ0) is 22.8. The lowest BCUT2D eigenvalue weighted by Crippen LogP contribution is -2.49. The van der Waals surface area contributed by atoms with Gasteiger partial charge in [0.1, 0.15) is 5.75 Å². The van der Waals surface area contributed by atoms with Crippen LogP contribution in [0.4, 0.5) is 5.69 Å². The molecule has 166 valence electrons. The number of carbonyl (C=O) groups excluding carboxylic acids is 2. The van der Waals surface area contributed by atoms with Crippen molar-refractivity contribution in [3.63, 3.8) is 0 Å². The Morgan fingerprint density at radius 3 is 2.56 bits per heavy atom. The van der Waals surface area contributed by atoms with Gasteiger partial charge in [-0.25, -0.2) is 4.79 Å². The molecule has 4 rings (SSSR count). The lowest BCUT2D eigenvalue weighted by atomic mass is 9.90. The summed E-state index contributed by atoms with van der Waals surface area (Å²) in [5.74, 6) is -0.104. The molecule has 0 aromatic heterocycles. The smallest absolute Gasteiger partial charge is 0.338 e. The molecule has 1 aliphatic heterocycles. The third-order valence-corrected chi connectivity index (χ3v) is 6.00. The molecule has 2 aliphatic rings. The van der Waals surface area contributed by atoms with Crippen molar-refractivity contribution in [2.75, 3.05) is 19.5 Å². The number of carbonyl (C=O) groups is 2. The van der Waals surface area contributed by atoms with Crippen molar-refractivity contribution in [2.45, 2.75) is 31.8 Å². The van der Waals surface area contributed by atoms with Crippen LogP contribution in [0.15, 0.2) is 59.8 Å². The van der Waals surface area contributed by atoms with Gasteiger partial charge >= 0.3 is 5.97 Å². The Morgan fingerprint density at radius 1 is 1.12 bits per heavy atom. The number of hydrogen-bond donors (Lipinski definition) is 2. The maximum Gasteiger partial charge on any atom is 0.338 e. The van der Waals surface area contributed by atoms with E-state index in [0.717, 1.165) is 18.5 Å². The number of nitrogens with zero attached hydrogens (tertiary/aromatic N) is 1.